The number of nitrogens with one attached hydrogen (secondary N) is 1. The quantitative estimate of drug-likeness (QED) is 0.798. The maximum atomic E-state index is 13.6. The summed E-state index contributed by atoms with van der Waals surface area (Å²) in [6.45, 7) is 0.426. The van der Waals surface area contributed by atoms with Gasteiger partial charge in [0.25, 0.3) is 0 Å². The second-order valence-corrected chi connectivity index (χ2v) is 6.56. The van der Waals surface area contributed by atoms with E-state index >= 15 is 0 Å². The Hall–Kier alpha value is -2.44. The average molecular weight is 358 g/mol. The van der Waals surface area contributed by atoms with Gasteiger partial charge in [-0.3, -0.25) is 10.1 Å². The molecule has 6 heteroatoms. The van der Waals surface area contributed by atoms with E-state index in [9.17, 15) is 9.18 Å². The van der Waals surface area contributed by atoms with Crippen LogP contribution in [0.5, 0.6) is 5.75 Å². The highest BCUT2D eigenvalue weighted by atomic mass is 19.1. The lowest BCUT2D eigenvalue weighted by atomic mass is 9.98. The highest BCUT2D eigenvalue weighted by Gasteiger charge is 2.43. The molecule has 1 amide bonds. The molecule has 0 radical (unpaired) electrons. The molecule has 1 aliphatic rings. The first kappa shape index (κ1) is 18.4. The van der Waals surface area contributed by atoms with E-state index < -0.39 is 11.4 Å². The summed E-state index contributed by atoms with van der Waals surface area (Å²) < 4.78 is 24.4. The molecule has 5 nitrogen and oxygen atoms in total. The molecular weight excluding hydrogens is 335 g/mol. The van der Waals surface area contributed by atoms with E-state index in [0.29, 0.717) is 17.7 Å². The largest absolute Gasteiger partial charge is 0.489 e. The summed E-state index contributed by atoms with van der Waals surface area (Å²) in [6, 6.07) is 14.1. The number of rotatable bonds is 7. The summed E-state index contributed by atoms with van der Waals surface area (Å²) in [7, 11) is 1.56. The maximum absolute atomic E-state index is 13.6. The smallest absolute Gasteiger partial charge is 0.240 e. The molecule has 3 rings (SSSR count). The molecule has 3 N–H and O–H groups in total. The molecule has 2 aromatic rings. The van der Waals surface area contributed by atoms with E-state index in [-0.39, 0.29) is 25.1 Å². The number of halogens is 1. The van der Waals surface area contributed by atoms with Crippen molar-refractivity contribution in [2.75, 3.05) is 13.7 Å². The standard InChI is InChI=1S/C20H23FN2O3/c1-25-13-20(19(22)24)11-10-18(23-20)14-6-8-16(9-7-14)26-12-15-4-2-3-5-17(15)21/h2-9,18,23H,10-13H2,1H3,(H2,22,24)/t18-,20?/m1/s1. The van der Waals surface area contributed by atoms with Crippen LogP contribution >= 0.6 is 0 Å². The Bertz CT molecular complexity index is 766. The summed E-state index contributed by atoms with van der Waals surface area (Å²) in [4.78, 5) is 11.8. The normalized spacial score (nSPS) is 22.3. The number of amides is 1. The second-order valence-electron chi connectivity index (χ2n) is 6.56. The number of carbonyl (C=O) groups is 1. The molecule has 1 heterocycles. The minimum absolute atomic E-state index is 0.0262. The summed E-state index contributed by atoms with van der Waals surface area (Å²) in [6.07, 6.45) is 1.42. The summed E-state index contributed by atoms with van der Waals surface area (Å²) >= 11 is 0. The zero-order chi connectivity index (χ0) is 18.6. The van der Waals surface area contributed by atoms with Crippen LogP contribution in [0.15, 0.2) is 48.5 Å². The van der Waals surface area contributed by atoms with Crippen molar-refractivity contribution in [2.24, 2.45) is 5.73 Å². The topological polar surface area (TPSA) is 73.6 Å². The SMILES string of the molecule is COCC1(C(N)=O)CC[C@H](c2ccc(OCc3ccccc3F)cc2)N1. The number of primary amides is 1. The van der Waals surface area contributed by atoms with Gasteiger partial charge in [0.1, 0.15) is 23.7 Å². The number of ether oxygens (including phenoxy) is 2. The molecule has 0 aromatic heterocycles. The van der Waals surface area contributed by atoms with Crippen molar-refractivity contribution < 1.29 is 18.7 Å². The third-order valence-corrected chi connectivity index (χ3v) is 4.81. The highest BCUT2D eigenvalue weighted by Crippen LogP contribution is 2.33. The number of hydrogen-bond donors (Lipinski definition) is 2. The average Bonchev–Trinajstić information content (AvgIpc) is 3.07. The highest BCUT2D eigenvalue weighted by molar-refractivity contribution is 5.85. The number of benzene rings is 2. The molecule has 26 heavy (non-hydrogen) atoms. The molecular formula is C20H23FN2O3. The third kappa shape index (κ3) is 3.86. The van der Waals surface area contributed by atoms with Crippen LogP contribution in [0.25, 0.3) is 0 Å². The van der Waals surface area contributed by atoms with Gasteiger partial charge in [0.05, 0.1) is 6.61 Å². The first-order valence-electron chi connectivity index (χ1n) is 8.57. The van der Waals surface area contributed by atoms with Crippen LogP contribution in [0.2, 0.25) is 0 Å². The van der Waals surface area contributed by atoms with Crippen LogP contribution < -0.4 is 15.8 Å². The van der Waals surface area contributed by atoms with Crippen LogP contribution in [0.4, 0.5) is 4.39 Å². The molecule has 138 valence electrons. The Morgan fingerprint density at radius 1 is 1.27 bits per heavy atom. The molecule has 0 bridgehead atoms. The Labute approximate surface area is 152 Å². The molecule has 2 atom stereocenters. The van der Waals surface area contributed by atoms with E-state index in [2.05, 4.69) is 5.32 Å². The zero-order valence-corrected chi connectivity index (χ0v) is 14.7. The lowest BCUT2D eigenvalue weighted by Gasteiger charge is -2.26. The predicted molar refractivity (Wildman–Crippen MR) is 96.1 cm³/mol. The first-order valence-corrected chi connectivity index (χ1v) is 8.57. The van der Waals surface area contributed by atoms with E-state index in [1.807, 2.05) is 24.3 Å². The molecule has 1 aliphatic heterocycles. The van der Waals surface area contributed by atoms with Crippen molar-refractivity contribution in [3.63, 3.8) is 0 Å². The van der Waals surface area contributed by atoms with Gasteiger partial charge in [-0.15, -0.1) is 0 Å². The van der Waals surface area contributed by atoms with Gasteiger partial charge in [0.2, 0.25) is 5.91 Å². The van der Waals surface area contributed by atoms with E-state index in [0.717, 1.165) is 12.0 Å². The lowest BCUT2D eigenvalue weighted by Crippen LogP contribution is -2.55. The fourth-order valence-corrected chi connectivity index (χ4v) is 3.32. The van der Waals surface area contributed by atoms with Crippen molar-refractivity contribution in [3.8, 4) is 5.75 Å². The van der Waals surface area contributed by atoms with Crippen molar-refractivity contribution in [3.05, 3.63) is 65.5 Å². The summed E-state index contributed by atoms with van der Waals surface area (Å²) in [5.74, 6) is -0.0139. The third-order valence-electron chi connectivity index (χ3n) is 4.81. The number of hydrogen-bond acceptors (Lipinski definition) is 4. The Balaban J connectivity index is 1.63. The minimum Gasteiger partial charge on any atom is -0.489 e. The van der Waals surface area contributed by atoms with Crippen LogP contribution in [0.3, 0.4) is 0 Å². The fourth-order valence-electron chi connectivity index (χ4n) is 3.32. The molecule has 0 saturated carbocycles. The van der Waals surface area contributed by atoms with E-state index in [1.165, 1.54) is 6.07 Å². The molecule has 2 aromatic carbocycles. The van der Waals surface area contributed by atoms with Crippen molar-refractivity contribution in [2.45, 2.75) is 31.0 Å². The monoisotopic (exact) mass is 358 g/mol. The number of methoxy groups -OCH3 is 1. The fraction of sp³-hybridized carbons (Fsp3) is 0.350. The number of carbonyl (C=O) groups excluding carboxylic acids is 1. The maximum Gasteiger partial charge on any atom is 0.240 e. The van der Waals surface area contributed by atoms with Gasteiger partial charge in [-0.1, -0.05) is 30.3 Å². The molecule has 1 saturated heterocycles. The van der Waals surface area contributed by atoms with Gasteiger partial charge in [-0.05, 0) is 36.6 Å². The van der Waals surface area contributed by atoms with E-state index in [1.54, 1.807) is 25.3 Å². The minimum atomic E-state index is -0.820. The predicted octanol–water partition coefficient (Wildman–Crippen LogP) is 2.70. The van der Waals surface area contributed by atoms with Gasteiger partial charge in [-0.2, -0.15) is 0 Å². The Morgan fingerprint density at radius 3 is 2.65 bits per heavy atom. The van der Waals surface area contributed by atoms with Crippen molar-refractivity contribution >= 4 is 5.91 Å². The molecule has 0 spiro atoms. The Kier molecular flexibility index (Phi) is 5.54. The Morgan fingerprint density at radius 2 is 2.00 bits per heavy atom. The van der Waals surface area contributed by atoms with Crippen LogP contribution in [-0.4, -0.2) is 25.2 Å². The van der Waals surface area contributed by atoms with Crippen molar-refractivity contribution in [1.29, 1.82) is 0 Å². The summed E-state index contributed by atoms with van der Waals surface area (Å²) in [5, 5.41) is 3.32. The van der Waals surface area contributed by atoms with Gasteiger partial charge in [0.15, 0.2) is 0 Å². The van der Waals surface area contributed by atoms with Gasteiger partial charge in [-0.25, -0.2) is 4.39 Å². The number of nitrogens with two attached hydrogens (primary N) is 1. The first-order chi connectivity index (χ1) is 12.5. The van der Waals surface area contributed by atoms with Crippen LogP contribution in [0, 0.1) is 5.82 Å². The van der Waals surface area contributed by atoms with Crippen LogP contribution in [0.1, 0.15) is 30.0 Å². The molecule has 0 aliphatic carbocycles. The second kappa shape index (κ2) is 7.85. The lowest BCUT2D eigenvalue weighted by molar-refractivity contribution is -0.126. The molecule has 1 fully saturated rings. The van der Waals surface area contributed by atoms with Gasteiger partial charge in [0, 0.05) is 18.7 Å². The van der Waals surface area contributed by atoms with E-state index in [4.69, 9.17) is 15.2 Å². The van der Waals surface area contributed by atoms with Crippen molar-refractivity contribution in [1.82, 2.24) is 5.32 Å². The molecule has 1 unspecified atom stereocenters. The zero-order valence-electron chi connectivity index (χ0n) is 14.7. The van der Waals surface area contributed by atoms with Crippen LogP contribution in [-0.2, 0) is 16.1 Å². The van der Waals surface area contributed by atoms with Gasteiger partial charge < -0.3 is 15.2 Å². The summed E-state index contributed by atoms with van der Waals surface area (Å²) in [5.41, 5.74) is 6.30. The van der Waals surface area contributed by atoms with Gasteiger partial charge >= 0.3 is 0 Å².